The number of amides is 2. The SMILES string of the molecule is CN(C)CC(NC(=O)Nc1ccc(=O)n(C)c1)c1ccccc1. The lowest BCUT2D eigenvalue weighted by atomic mass is 10.1. The minimum atomic E-state index is -0.306. The molecule has 1 atom stereocenters. The molecular formula is C17H22N4O2. The predicted molar refractivity (Wildman–Crippen MR) is 91.6 cm³/mol. The van der Waals surface area contributed by atoms with E-state index >= 15 is 0 Å². The Bertz CT molecular complexity index is 710. The Balaban J connectivity index is 2.08. The number of nitrogens with one attached hydrogen (secondary N) is 2. The first-order valence-corrected chi connectivity index (χ1v) is 7.39. The monoisotopic (exact) mass is 314 g/mol. The van der Waals surface area contributed by atoms with E-state index in [9.17, 15) is 9.59 Å². The number of carbonyl (C=O) groups excluding carboxylic acids is 1. The molecule has 0 saturated carbocycles. The van der Waals surface area contributed by atoms with Crippen LogP contribution in [0.15, 0.2) is 53.5 Å². The van der Waals surface area contributed by atoms with Crippen molar-refractivity contribution in [1.82, 2.24) is 14.8 Å². The molecule has 1 aromatic heterocycles. The molecule has 1 aromatic carbocycles. The Kier molecular flexibility index (Phi) is 5.54. The van der Waals surface area contributed by atoms with Gasteiger partial charge in [0.2, 0.25) is 5.56 Å². The second-order valence-electron chi connectivity index (χ2n) is 5.69. The van der Waals surface area contributed by atoms with Crippen LogP contribution in [0.1, 0.15) is 11.6 Å². The molecule has 1 heterocycles. The first-order valence-electron chi connectivity index (χ1n) is 7.39. The third-order valence-corrected chi connectivity index (χ3v) is 3.40. The molecule has 0 aliphatic rings. The minimum Gasteiger partial charge on any atom is -0.330 e. The molecule has 0 spiro atoms. The maximum absolute atomic E-state index is 12.2. The van der Waals surface area contributed by atoms with Crippen molar-refractivity contribution in [2.45, 2.75) is 6.04 Å². The van der Waals surface area contributed by atoms with Crippen LogP contribution in [-0.4, -0.2) is 36.1 Å². The molecule has 0 saturated heterocycles. The second-order valence-corrected chi connectivity index (χ2v) is 5.69. The van der Waals surface area contributed by atoms with Crippen molar-refractivity contribution >= 4 is 11.7 Å². The fourth-order valence-electron chi connectivity index (χ4n) is 2.28. The van der Waals surface area contributed by atoms with Crippen molar-refractivity contribution < 1.29 is 4.79 Å². The molecule has 2 N–H and O–H groups in total. The number of pyridine rings is 1. The zero-order valence-corrected chi connectivity index (χ0v) is 13.6. The van der Waals surface area contributed by atoms with Gasteiger partial charge in [-0.25, -0.2) is 4.79 Å². The molecule has 2 aromatic rings. The van der Waals surface area contributed by atoms with Crippen LogP contribution in [0.2, 0.25) is 0 Å². The van der Waals surface area contributed by atoms with Crippen LogP contribution >= 0.6 is 0 Å². The fourth-order valence-corrected chi connectivity index (χ4v) is 2.28. The largest absolute Gasteiger partial charge is 0.330 e. The smallest absolute Gasteiger partial charge is 0.319 e. The number of hydrogen-bond donors (Lipinski definition) is 2. The molecule has 0 radical (unpaired) electrons. The predicted octanol–water partition coefficient (Wildman–Crippen LogP) is 1.81. The Morgan fingerprint density at radius 2 is 1.87 bits per heavy atom. The number of rotatable bonds is 5. The Labute approximate surface area is 135 Å². The van der Waals surface area contributed by atoms with E-state index in [-0.39, 0.29) is 17.6 Å². The average molecular weight is 314 g/mol. The summed E-state index contributed by atoms with van der Waals surface area (Å²) < 4.78 is 1.42. The van der Waals surface area contributed by atoms with Gasteiger partial charge in [-0.3, -0.25) is 4.79 Å². The van der Waals surface area contributed by atoms with Gasteiger partial charge in [0.05, 0.1) is 11.7 Å². The van der Waals surface area contributed by atoms with E-state index in [0.29, 0.717) is 12.2 Å². The summed E-state index contributed by atoms with van der Waals surface area (Å²) in [5.74, 6) is 0. The first kappa shape index (κ1) is 16.8. The van der Waals surface area contributed by atoms with Gasteiger partial charge in [-0.2, -0.15) is 0 Å². The van der Waals surface area contributed by atoms with Crippen molar-refractivity contribution in [2.75, 3.05) is 26.0 Å². The second kappa shape index (κ2) is 7.60. The Morgan fingerprint density at radius 1 is 1.17 bits per heavy atom. The topological polar surface area (TPSA) is 66.4 Å². The Morgan fingerprint density at radius 3 is 2.48 bits per heavy atom. The third kappa shape index (κ3) is 4.96. The van der Waals surface area contributed by atoms with Gasteiger partial charge in [-0.15, -0.1) is 0 Å². The molecule has 1 unspecified atom stereocenters. The summed E-state index contributed by atoms with van der Waals surface area (Å²) in [6.07, 6.45) is 1.59. The highest BCUT2D eigenvalue weighted by Gasteiger charge is 2.15. The van der Waals surface area contributed by atoms with Crippen LogP contribution in [0.25, 0.3) is 0 Å². The van der Waals surface area contributed by atoms with Gasteiger partial charge in [0.1, 0.15) is 0 Å². The quantitative estimate of drug-likeness (QED) is 0.884. The summed E-state index contributed by atoms with van der Waals surface area (Å²) in [4.78, 5) is 25.6. The van der Waals surface area contributed by atoms with E-state index in [1.54, 1.807) is 19.3 Å². The number of nitrogens with zero attached hydrogens (tertiary/aromatic N) is 2. The zero-order chi connectivity index (χ0) is 16.8. The van der Waals surface area contributed by atoms with E-state index in [0.717, 1.165) is 5.56 Å². The lowest BCUT2D eigenvalue weighted by Crippen LogP contribution is -2.38. The molecule has 6 heteroatoms. The van der Waals surface area contributed by atoms with Crippen LogP contribution in [0.4, 0.5) is 10.5 Å². The summed E-state index contributed by atoms with van der Waals surface area (Å²) in [5.41, 5.74) is 1.49. The van der Waals surface area contributed by atoms with Crippen molar-refractivity contribution in [3.63, 3.8) is 0 Å². The summed E-state index contributed by atoms with van der Waals surface area (Å²) in [7, 11) is 5.56. The molecule has 23 heavy (non-hydrogen) atoms. The number of aryl methyl sites for hydroxylation is 1. The van der Waals surface area contributed by atoms with E-state index in [1.807, 2.05) is 49.3 Å². The number of carbonyl (C=O) groups is 1. The van der Waals surface area contributed by atoms with Crippen LogP contribution in [0.3, 0.4) is 0 Å². The van der Waals surface area contributed by atoms with Gasteiger partial charge in [0, 0.05) is 25.9 Å². The molecule has 0 fully saturated rings. The van der Waals surface area contributed by atoms with Gasteiger partial charge >= 0.3 is 6.03 Å². The summed E-state index contributed by atoms with van der Waals surface area (Å²) in [6, 6.07) is 12.4. The van der Waals surface area contributed by atoms with Gasteiger partial charge in [-0.1, -0.05) is 30.3 Å². The molecular weight excluding hydrogens is 292 g/mol. The van der Waals surface area contributed by atoms with Crippen LogP contribution in [-0.2, 0) is 7.05 Å². The number of aromatic nitrogens is 1. The maximum Gasteiger partial charge on any atom is 0.319 e. The van der Waals surface area contributed by atoms with E-state index in [4.69, 9.17) is 0 Å². The number of hydrogen-bond acceptors (Lipinski definition) is 3. The van der Waals surface area contributed by atoms with Crippen LogP contribution < -0.4 is 16.2 Å². The van der Waals surface area contributed by atoms with Crippen molar-refractivity contribution in [3.05, 3.63) is 64.6 Å². The molecule has 0 bridgehead atoms. The summed E-state index contributed by atoms with van der Waals surface area (Å²) in [6.45, 7) is 0.685. The molecule has 2 rings (SSSR count). The lowest BCUT2D eigenvalue weighted by Gasteiger charge is -2.23. The summed E-state index contributed by atoms with van der Waals surface area (Å²) in [5, 5.41) is 5.72. The van der Waals surface area contributed by atoms with Crippen molar-refractivity contribution in [3.8, 4) is 0 Å². The average Bonchev–Trinajstić information content (AvgIpc) is 2.51. The standard InChI is InChI=1S/C17H22N4O2/c1-20(2)12-15(13-7-5-4-6-8-13)19-17(23)18-14-9-10-16(22)21(3)11-14/h4-11,15H,12H2,1-3H3,(H2,18,19,23). The molecule has 0 aliphatic carbocycles. The molecule has 6 nitrogen and oxygen atoms in total. The molecule has 2 amide bonds. The lowest BCUT2D eigenvalue weighted by molar-refractivity contribution is 0.244. The number of anilines is 1. The highest BCUT2D eigenvalue weighted by atomic mass is 16.2. The minimum absolute atomic E-state index is 0.120. The Hall–Kier alpha value is -2.60. The van der Waals surface area contributed by atoms with E-state index in [2.05, 4.69) is 10.6 Å². The van der Waals surface area contributed by atoms with Crippen molar-refractivity contribution in [2.24, 2.45) is 7.05 Å². The maximum atomic E-state index is 12.2. The van der Waals surface area contributed by atoms with Gasteiger partial charge in [-0.05, 0) is 25.7 Å². The van der Waals surface area contributed by atoms with Crippen LogP contribution in [0.5, 0.6) is 0 Å². The van der Waals surface area contributed by atoms with E-state index < -0.39 is 0 Å². The third-order valence-electron chi connectivity index (χ3n) is 3.40. The molecule has 0 aliphatic heterocycles. The highest BCUT2D eigenvalue weighted by Crippen LogP contribution is 2.13. The normalized spacial score (nSPS) is 12.0. The zero-order valence-electron chi connectivity index (χ0n) is 13.6. The van der Waals surface area contributed by atoms with Gasteiger partial charge in [0.25, 0.3) is 0 Å². The first-order chi connectivity index (χ1) is 11.0. The van der Waals surface area contributed by atoms with E-state index in [1.165, 1.54) is 10.6 Å². The van der Waals surface area contributed by atoms with Crippen molar-refractivity contribution in [1.29, 1.82) is 0 Å². The molecule has 122 valence electrons. The fraction of sp³-hybridized carbons (Fsp3) is 0.294. The number of likely N-dealkylation sites (N-methyl/N-ethyl adjacent to an activating group) is 1. The number of benzene rings is 1. The summed E-state index contributed by atoms with van der Waals surface area (Å²) >= 11 is 0. The van der Waals surface area contributed by atoms with Gasteiger partial charge in [0.15, 0.2) is 0 Å². The van der Waals surface area contributed by atoms with Crippen LogP contribution in [0, 0.1) is 0 Å². The highest BCUT2D eigenvalue weighted by molar-refractivity contribution is 5.89. The van der Waals surface area contributed by atoms with Gasteiger partial charge < -0.3 is 20.1 Å². The number of urea groups is 1.